The summed E-state index contributed by atoms with van der Waals surface area (Å²) in [6.07, 6.45) is 6.77. The molecule has 1 amide bonds. The van der Waals surface area contributed by atoms with Crippen molar-refractivity contribution in [1.82, 2.24) is 16.0 Å². The second-order valence-corrected chi connectivity index (χ2v) is 8.01. The fourth-order valence-corrected chi connectivity index (χ4v) is 4.14. The Hall–Kier alpha value is -1.56. The number of rotatable bonds is 9. The highest BCUT2D eigenvalue weighted by atomic mass is 32.1. The van der Waals surface area contributed by atoms with Gasteiger partial charge in [-0.15, -0.1) is 11.3 Å². The maximum atomic E-state index is 11.9. The third-order valence-electron chi connectivity index (χ3n) is 4.66. The summed E-state index contributed by atoms with van der Waals surface area (Å²) < 4.78 is 0. The average Bonchev–Trinajstić information content (AvgIpc) is 3.28. The number of carbonyl (C=O) groups excluding carboxylic acids is 1. The van der Waals surface area contributed by atoms with Crippen LogP contribution in [0.4, 0.5) is 0 Å². The van der Waals surface area contributed by atoms with Crippen molar-refractivity contribution in [3.8, 4) is 0 Å². The summed E-state index contributed by atoms with van der Waals surface area (Å²) in [5, 5.41) is 11.7. The van der Waals surface area contributed by atoms with Crippen LogP contribution in [-0.4, -0.2) is 38.5 Å². The summed E-state index contributed by atoms with van der Waals surface area (Å²) in [7, 11) is 1.78. The van der Waals surface area contributed by atoms with Gasteiger partial charge in [0, 0.05) is 38.0 Å². The molecule has 0 bridgehead atoms. The molecular formula is C19H32N4OS. The largest absolute Gasteiger partial charge is 0.356 e. The monoisotopic (exact) mass is 364 g/mol. The maximum absolute atomic E-state index is 11.9. The summed E-state index contributed by atoms with van der Waals surface area (Å²) in [5.41, 5.74) is 0. The summed E-state index contributed by atoms with van der Waals surface area (Å²) >= 11 is 1.81. The van der Waals surface area contributed by atoms with E-state index >= 15 is 0 Å². The van der Waals surface area contributed by atoms with Crippen LogP contribution < -0.4 is 16.0 Å². The van der Waals surface area contributed by atoms with E-state index in [-0.39, 0.29) is 5.91 Å². The Kier molecular flexibility index (Phi) is 8.80. The van der Waals surface area contributed by atoms with Gasteiger partial charge in [-0.25, -0.2) is 0 Å². The summed E-state index contributed by atoms with van der Waals surface area (Å²) in [6.45, 7) is 4.45. The Morgan fingerprint density at radius 1 is 1.28 bits per heavy atom. The fraction of sp³-hybridized carbons (Fsp3) is 0.684. The van der Waals surface area contributed by atoms with Crippen molar-refractivity contribution in [3.63, 3.8) is 0 Å². The minimum absolute atomic E-state index is 0.182. The molecule has 0 radical (unpaired) electrons. The SMILES string of the molecule is CN=C(NCCNC(=O)CC1CCCC1)NCC(C)Cc1cccs1. The summed E-state index contributed by atoms with van der Waals surface area (Å²) in [6, 6.07) is 4.28. The van der Waals surface area contributed by atoms with Crippen molar-refractivity contribution >= 4 is 23.2 Å². The maximum Gasteiger partial charge on any atom is 0.220 e. The van der Waals surface area contributed by atoms with Gasteiger partial charge in [-0.2, -0.15) is 0 Å². The van der Waals surface area contributed by atoms with E-state index < -0.39 is 0 Å². The first kappa shape index (κ1) is 19.8. The number of hydrogen-bond donors (Lipinski definition) is 3. The van der Waals surface area contributed by atoms with Crippen LogP contribution >= 0.6 is 11.3 Å². The van der Waals surface area contributed by atoms with E-state index in [0.717, 1.165) is 18.9 Å². The lowest BCUT2D eigenvalue weighted by Crippen LogP contribution is -2.43. The number of carbonyl (C=O) groups is 1. The highest BCUT2D eigenvalue weighted by Gasteiger charge is 2.17. The molecule has 1 fully saturated rings. The zero-order chi connectivity index (χ0) is 17.9. The van der Waals surface area contributed by atoms with Gasteiger partial charge in [0.25, 0.3) is 0 Å². The predicted octanol–water partition coefficient (Wildman–Crippen LogP) is 2.79. The van der Waals surface area contributed by atoms with E-state index in [1.54, 1.807) is 7.05 Å². The average molecular weight is 365 g/mol. The van der Waals surface area contributed by atoms with Crippen LogP contribution in [-0.2, 0) is 11.2 Å². The molecule has 0 aliphatic heterocycles. The van der Waals surface area contributed by atoms with Gasteiger partial charge < -0.3 is 16.0 Å². The minimum Gasteiger partial charge on any atom is -0.356 e. The topological polar surface area (TPSA) is 65.5 Å². The third kappa shape index (κ3) is 7.90. The molecule has 140 valence electrons. The van der Waals surface area contributed by atoms with Gasteiger partial charge in [0.1, 0.15) is 0 Å². The van der Waals surface area contributed by atoms with E-state index in [4.69, 9.17) is 0 Å². The van der Waals surface area contributed by atoms with Gasteiger partial charge in [-0.3, -0.25) is 9.79 Å². The second kappa shape index (κ2) is 11.1. The van der Waals surface area contributed by atoms with Crippen molar-refractivity contribution in [2.24, 2.45) is 16.8 Å². The smallest absolute Gasteiger partial charge is 0.220 e. The first-order chi connectivity index (χ1) is 12.2. The standard InChI is InChI=1S/C19H32N4OS/c1-15(12-17-8-5-11-25-17)14-23-19(20-2)22-10-9-21-18(24)13-16-6-3-4-7-16/h5,8,11,15-16H,3-4,6-7,9-10,12-14H2,1-2H3,(H,21,24)(H2,20,22,23). The van der Waals surface area contributed by atoms with Crippen molar-refractivity contribution in [2.75, 3.05) is 26.7 Å². The van der Waals surface area contributed by atoms with Crippen LogP contribution in [0.3, 0.4) is 0 Å². The van der Waals surface area contributed by atoms with Crippen LogP contribution in [0, 0.1) is 11.8 Å². The molecule has 1 aliphatic rings. The Morgan fingerprint density at radius 2 is 2.04 bits per heavy atom. The van der Waals surface area contributed by atoms with Gasteiger partial charge in [0.05, 0.1) is 0 Å². The van der Waals surface area contributed by atoms with Crippen molar-refractivity contribution in [3.05, 3.63) is 22.4 Å². The molecule has 0 aromatic carbocycles. The van der Waals surface area contributed by atoms with Crippen molar-refractivity contribution < 1.29 is 4.79 Å². The lowest BCUT2D eigenvalue weighted by molar-refractivity contribution is -0.121. The Labute approximate surface area is 155 Å². The van der Waals surface area contributed by atoms with Crippen molar-refractivity contribution in [1.29, 1.82) is 0 Å². The van der Waals surface area contributed by atoms with Gasteiger partial charge in [-0.1, -0.05) is 25.8 Å². The number of amides is 1. The zero-order valence-electron chi connectivity index (χ0n) is 15.5. The fourth-order valence-electron chi connectivity index (χ4n) is 3.27. The molecule has 1 unspecified atom stereocenters. The Balaban J connectivity index is 1.54. The molecule has 0 spiro atoms. The molecule has 2 rings (SSSR count). The first-order valence-corrected chi connectivity index (χ1v) is 10.3. The Morgan fingerprint density at radius 3 is 2.72 bits per heavy atom. The number of thiophene rings is 1. The number of hydrogen-bond acceptors (Lipinski definition) is 3. The molecule has 25 heavy (non-hydrogen) atoms. The van der Waals surface area contributed by atoms with E-state index in [2.05, 4.69) is 45.4 Å². The molecular weight excluding hydrogens is 332 g/mol. The van der Waals surface area contributed by atoms with Crippen molar-refractivity contribution in [2.45, 2.75) is 45.4 Å². The van der Waals surface area contributed by atoms with Crippen LogP contribution in [0.25, 0.3) is 0 Å². The number of nitrogens with zero attached hydrogens (tertiary/aromatic N) is 1. The molecule has 5 nitrogen and oxygen atoms in total. The second-order valence-electron chi connectivity index (χ2n) is 6.97. The summed E-state index contributed by atoms with van der Waals surface area (Å²) in [4.78, 5) is 17.6. The number of nitrogens with one attached hydrogen (secondary N) is 3. The zero-order valence-corrected chi connectivity index (χ0v) is 16.3. The van der Waals surface area contributed by atoms with Crippen LogP contribution in [0.15, 0.2) is 22.5 Å². The van der Waals surface area contributed by atoms with E-state index in [0.29, 0.717) is 31.3 Å². The van der Waals surface area contributed by atoms with Crippen LogP contribution in [0.2, 0.25) is 0 Å². The number of guanidine groups is 1. The molecule has 1 aromatic heterocycles. The molecule has 1 aromatic rings. The summed E-state index contributed by atoms with van der Waals surface area (Å²) in [5.74, 6) is 2.12. The molecule has 0 saturated heterocycles. The van der Waals surface area contributed by atoms with Crippen LogP contribution in [0.1, 0.15) is 43.9 Å². The molecule has 1 atom stereocenters. The van der Waals surface area contributed by atoms with Gasteiger partial charge in [0.15, 0.2) is 5.96 Å². The quantitative estimate of drug-likeness (QED) is 0.359. The van der Waals surface area contributed by atoms with Gasteiger partial charge in [-0.05, 0) is 42.5 Å². The first-order valence-electron chi connectivity index (χ1n) is 9.41. The highest BCUT2D eigenvalue weighted by Crippen LogP contribution is 2.27. The third-order valence-corrected chi connectivity index (χ3v) is 5.56. The minimum atomic E-state index is 0.182. The molecule has 3 N–H and O–H groups in total. The molecule has 6 heteroatoms. The van der Waals surface area contributed by atoms with E-state index in [9.17, 15) is 4.79 Å². The number of aliphatic imine (C=N–C) groups is 1. The van der Waals surface area contributed by atoms with E-state index in [1.807, 2.05) is 11.3 Å². The normalized spacial score (nSPS) is 16.6. The predicted molar refractivity (Wildman–Crippen MR) is 106 cm³/mol. The molecule has 1 aliphatic carbocycles. The van der Waals surface area contributed by atoms with Gasteiger partial charge >= 0.3 is 0 Å². The van der Waals surface area contributed by atoms with Gasteiger partial charge in [0.2, 0.25) is 5.91 Å². The van der Waals surface area contributed by atoms with Crippen LogP contribution in [0.5, 0.6) is 0 Å². The Bertz CT molecular complexity index is 524. The highest BCUT2D eigenvalue weighted by molar-refractivity contribution is 7.09. The lowest BCUT2D eigenvalue weighted by atomic mass is 10.0. The lowest BCUT2D eigenvalue weighted by Gasteiger charge is -2.16. The van der Waals surface area contributed by atoms with E-state index in [1.165, 1.54) is 30.6 Å². The molecule has 1 saturated carbocycles. The molecule has 1 heterocycles.